The van der Waals surface area contributed by atoms with Crippen LogP contribution in [-0.4, -0.2) is 14.5 Å². The summed E-state index contributed by atoms with van der Waals surface area (Å²) < 4.78 is 2.01. The average molecular weight is 332 g/mol. The van der Waals surface area contributed by atoms with Crippen LogP contribution in [-0.2, 0) is 7.05 Å². The average Bonchev–Trinajstić information content (AvgIpc) is 2.80. The first-order valence-corrected chi connectivity index (χ1v) is 7.64. The number of aromatic nitrogens is 3. The number of nitrogens with zero attached hydrogens (tertiary/aromatic N) is 3. The Balaban J connectivity index is 2.16. The molecule has 112 valence electrons. The second kappa shape index (κ2) is 5.75. The third kappa shape index (κ3) is 2.62. The van der Waals surface area contributed by atoms with Gasteiger partial charge in [-0.3, -0.25) is 0 Å². The van der Waals surface area contributed by atoms with Gasteiger partial charge in [0.15, 0.2) is 0 Å². The predicted molar refractivity (Wildman–Crippen MR) is 91.4 cm³/mol. The van der Waals surface area contributed by atoms with Gasteiger partial charge in [0.05, 0.1) is 5.02 Å². The van der Waals surface area contributed by atoms with Gasteiger partial charge in [0.2, 0.25) is 0 Å². The van der Waals surface area contributed by atoms with Gasteiger partial charge in [-0.2, -0.15) is 0 Å². The van der Waals surface area contributed by atoms with Crippen molar-refractivity contribution in [1.29, 1.82) is 0 Å². The first-order valence-electron chi connectivity index (χ1n) is 6.89. The number of halogens is 2. The van der Waals surface area contributed by atoms with Crippen LogP contribution >= 0.6 is 23.2 Å². The van der Waals surface area contributed by atoms with Crippen molar-refractivity contribution in [1.82, 2.24) is 14.5 Å². The van der Waals surface area contributed by atoms with Crippen LogP contribution in [0.25, 0.3) is 22.5 Å². The molecular weight excluding hydrogens is 317 g/mol. The summed E-state index contributed by atoms with van der Waals surface area (Å²) in [6.45, 7) is 3.93. The third-order valence-corrected chi connectivity index (χ3v) is 4.34. The van der Waals surface area contributed by atoms with E-state index in [2.05, 4.69) is 9.97 Å². The standard InChI is InChI=1S/C17H15Cl2N3/c1-10-4-6-13(16(19)21-10)12-5-7-15(18)14(8-12)17-20-9-11(2)22(17)3/h4-9H,1-3H3. The van der Waals surface area contributed by atoms with Crippen molar-refractivity contribution in [2.45, 2.75) is 13.8 Å². The second-order valence-corrected chi connectivity index (χ2v) is 6.03. The SMILES string of the molecule is Cc1ccc(-c2ccc(Cl)c(-c3ncc(C)n3C)c2)c(Cl)n1. The highest BCUT2D eigenvalue weighted by atomic mass is 35.5. The fraction of sp³-hybridized carbons (Fsp3) is 0.176. The highest BCUT2D eigenvalue weighted by Crippen LogP contribution is 2.34. The Hall–Kier alpha value is -1.84. The Morgan fingerprint density at radius 3 is 2.41 bits per heavy atom. The molecule has 0 amide bonds. The Kier molecular flexibility index (Phi) is 3.94. The molecule has 3 aromatic rings. The molecule has 0 N–H and O–H groups in total. The van der Waals surface area contributed by atoms with E-state index in [9.17, 15) is 0 Å². The summed E-state index contributed by atoms with van der Waals surface area (Å²) in [5, 5.41) is 1.15. The maximum atomic E-state index is 6.36. The molecule has 0 fully saturated rings. The maximum Gasteiger partial charge on any atom is 0.141 e. The molecule has 0 spiro atoms. The van der Waals surface area contributed by atoms with Crippen LogP contribution in [0.5, 0.6) is 0 Å². The molecule has 2 heterocycles. The molecule has 0 aliphatic carbocycles. The van der Waals surface area contributed by atoms with E-state index in [1.165, 1.54) is 0 Å². The molecule has 2 aromatic heterocycles. The number of hydrogen-bond donors (Lipinski definition) is 0. The lowest BCUT2D eigenvalue weighted by Crippen LogP contribution is -1.96. The van der Waals surface area contributed by atoms with Crippen molar-refractivity contribution in [2.75, 3.05) is 0 Å². The van der Waals surface area contributed by atoms with E-state index in [-0.39, 0.29) is 0 Å². The summed E-state index contributed by atoms with van der Waals surface area (Å²) >= 11 is 12.6. The molecule has 22 heavy (non-hydrogen) atoms. The molecule has 3 rings (SSSR count). The Morgan fingerprint density at radius 1 is 1.00 bits per heavy atom. The number of imidazole rings is 1. The molecule has 0 aliphatic heterocycles. The van der Waals surface area contributed by atoms with Crippen molar-refractivity contribution in [3.8, 4) is 22.5 Å². The Bertz CT molecular complexity index is 853. The molecule has 0 bridgehead atoms. The van der Waals surface area contributed by atoms with Gasteiger partial charge in [-0.1, -0.05) is 29.3 Å². The van der Waals surface area contributed by atoms with Gasteiger partial charge in [-0.05, 0) is 43.7 Å². The van der Waals surface area contributed by atoms with Crippen LogP contribution in [0.15, 0.2) is 36.5 Å². The van der Waals surface area contributed by atoms with Gasteiger partial charge in [-0.25, -0.2) is 9.97 Å². The van der Waals surface area contributed by atoms with Crippen molar-refractivity contribution in [3.05, 3.63) is 58.1 Å². The summed E-state index contributed by atoms with van der Waals surface area (Å²) in [6.07, 6.45) is 1.83. The molecule has 0 aliphatic rings. The largest absolute Gasteiger partial charge is 0.331 e. The fourth-order valence-corrected chi connectivity index (χ4v) is 2.86. The van der Waals surface area contributed by atoms with Crippen molar-refractivity contribution in [2.24, 2.45) is 7.05 Å². The zero-order valence-corrected chi connectivity index (χ0v) is 14.1. The summed E-state index contributed by atoms with van der Waals surface area (Å²) in [7, 11) is 1.97. The lowest BCUT2D eigenvalue weighted by atomic mass is 10.0. The van der Waals surface area contributed by atoms with E-state index in [4.69, 9.17) is 23.2 Å². The number of hydrogen-bond acceptors (Lipinski definition) is 2. The minimum atomic E-state index is 0.490. The highest BCUT2D eigenvalue weighted by molar-refractivity contribution is 6.34. The lowest BCUT2D eigenvalue weighted by Gasteiger charge is -2.10. The van der Waals surface area contributed by atoms with Gasteiger partial charge < -0.3 is 4.57 Å². The van der Waals surface area contributed by atoms with E-state index in [1.54, 1.807) is 0 Å². The number of pyridine rings is 1. The van der Waals surface area contributed by atoms with E-state index in [0.29, 0.717) is 10.2 Å². The van der Waals surface area contributed by atoms with Crippen molar-refractivity contribution in [3.63, 3.8) is 0 Å². The quantitative estimate of drug-likeness (QED) is 0.613. The lowest BCUT2D eigenvalue weighted by molar-refractivity contribution is 0.884. The van der Waals surface area contributed by atoms with Gasteiger partial charge in [0.1, 0.15) is 11.0 Å². The molecule has 0 saturated carbocycles. The zero-order chi connectivity index (χ0) is 15.9. The summed E-state index contributed by atoms with van der Waals surface area (Å²) in [4.78, 5) is 8.76. The third-order valence-electron chi connectivity index (χ3n) is 3.73. The second-order valence-electron chi connectivity index (χ2n) is 5.27. The number of rotatable bonds is 2. The van der Waals surface area contributed by atoms with Gasteiger partial charge in [-0.15, -0.1) is 0 Å². The fourth-order valence-electron chi connectivity index (χ4n) is 2.35. The Morgan fingerprint density at radius 2 is 1.77 bits per heavy atom. The molecule has 0 saturated heterocycles. The molecule has 5 heteroatoms. The Labute approximate surface area is 139 Å². The molecule has 0 radical (unpaired) electrons. The molecule has 0 unspecified atom stereocenters. The van der Waals surface area contributed by atoms with Crippen molar-refractivity contribution < 1.29 is 0 Å². The van der Waals surface area contributed by atoms with Gasteiger partial charge in [0, 0.05) is 35.8 Å². The summed E-state index contributed by atoms with van der Waals surface area (Å²) in [6, 6.07) is 9.73. The number of benzene rings is 1. The predicted octanol–water partition coefficient (Wildman–Crippen LogP) is 5.07. The highest BCUT2D eigenvalue weighted by Gasteiger charge is 2.13. The number of aryl methyl sites for hydroxylation is 2. The summed E-state index contributed by atoms with van der Waals surface area (Å²) in [5.74, 6) is 0.834. The topological polar surface area (TPSA) is 30.7 Å². The van der Waals surface area contributed by atoms with Crippen LogP contribution in [0, 0.1) is 13.8 Å². The van der Waals surface area contributed by atoms with E-state index < -0.39 is 0 Å². The van der Waals surface area contributed by atoms with E-state index >= 15 is 0 Å². The molecule has 3 nitrogen and oxygen atoms in total. The van der Waals surface area contributed by atoms with Gasteiger partial charge in [0.25, 0.3) is 0 Å². The summed E-state index contributed by atoms with van der Waals surface area (Å²) in [5.41, 5.74) is 4.70. The van der Waals surface area contributed by atoms with E-state index in [1.807, 2.05) is 62.0 Å². The smallest absolute Gasteiger partial charge is 0.141 e. The van der Waals surface area contributed by atoms with Crippen LogP contribution in [0.3, 0.4) is 0 Å². The molecular formula is C17H15Cl2N3. The van der Waals surface area contributed by atoms with Crippen molar-refractivity contribution >= 4 is 23.2 Å². The van der Waals surface area contributed by atoms with Crippen LogP contribution in [0.4, 0.5) is 0 Å². The van der Waals surface area contributed by atoms with Crippen LogP contribution < -0.4 is 0 Å². The minimum Gasteiger partial charge on any atom is -0.331 e. The van der Waals surface area contributed by atoms with E-state index in [0.717, 1.165) is 33.9 Å². The van der Waals surface area contributed by atoms with Gasteiger partial charge >= 0.3 is 0 Å². The monoisotopic (exact) mass is 331 g/mol. The maximum absolute atomic E-state index is 6.36. The van der Waals surface area contributed by atoms with Crippen LogP contribution in [0.1, 0.15) is 11.4 Å². The molecule has 1 aromatic carbocycles. The normalized spacial score (nSPS) is 11.0. The first-order chi connectivity index (χ1) is 10.5. The first kappa shape index (κ1) is 15.1. The van der Waals surface area contributed by atoms with Crippen LogP contribution in [0.2, 0.25) is 10.2 Å². The molecule has 0 atom stereocenters. The zero-order valence-electron chi connectivity index (χ0n) is 12.6. The minimum absolute atomic E-state index is 0.490.